The van der Waals surface area contributed by atoms with Gasteiger partial charge in [0.05, 0.1) is 14.2 Å². The van der Waals surface area contributed by atoms with Crippen molar-refractivity contribution in [3.63, 3.8) is 0 Å². The lowest BCUT2D eigenvalue weighted by Gasteiger charge is -2.14. The summed E-state index contributed by atoms with van der Waals surface area (Å²) in [6, 6.07) is 8.74. The van der Waals surface area contributed by atoms with Gasteiger partial charge in [-0.3, -0.25) is 4.79 Å². The van der Waals surface area contributed by atoms with Gasteiger partial charge in [0.25, 0.3) is 5.91 Å². The molecule has 0 unspecified atom stereocenters. The first-order chi connectivity index (χ1) is 10.5. The van der Waals surface area contributed by atoms with Crippen LogP contribution in [0.5, 0.6) is 11.5 Å². The van der Waals surface area contributed by atoms with Crippen molar-refractivity contribution < 1.29 is 14.3 Å². The maximum atomic E-state index is 12.4. The molecule has 0 saturated heterocycles. The molecular weight excluding hydrogens is 280 g/mol. The molecule has 0 bridgehead atoms. The van der Waals surface area contributed by atoms with Crippen LogP contribution in [0.15, 0.2) is 30.3 Å². The summed E-state index contributed by atoms with van der Waals surface area (Å²) in [5.74, 6) is 0.865. The number of hydrogen-bond acceptors (Lipinski definition) is 4. The van der Waals surface area contributed by atoms with Crippen molar-refractivity contribution in [3.05, 3.63) is 47.0 Å². The first-order valence-corrected chi connectivity index (χ1v) is 6.87. The minimum absolute atomic E-state index is 0.224. The van der Waals surface area contributed by atoms with Gasteiger partial charge in [-0.2, -0.15) is 0 Å². The van der Waals surface area contributed by atoms with Crippen LogP contribution < -0.4 is 20.5 Å². The van der Waals surface area contributed by atoms with E-state index in [1.807, 2.05) is 26.0 Å². The van der Waals surface area contributed by atoms with E-state index in [1.165, 1.54) is 7.11 Å². The van der Waals surface area contributed by atoms with Gasteiger partial charge < -0.3 is 20.5 Å². The molecule has 2 rings (SSSR count). The first-order valence-electron chi connectivity index (χ1n) is 6.87. The van der Waals surface area contributed by atoms with Crippen LogP contribution in [-0.2, 0) is 0 Å². The van der Waals surface area contributed by atoms with E-state index >= 15 is 0 Å². The fourth-order valence-electron chi connectivity index (χ4n) is 2.22. The summed E-state index contributed by atoms with van der Waals surface area (Å²) in [5.41, 5.74) is 9.58. The Morgan fingerprint density at radius 3 is 2.36 bits per heavy atom. The maximum Gasteiger partial charge on any atom is 0.255 e. The van der Waals surface area contributed by atoms with Crippen molar-refractivity contribution in [1.82, 2.24) is 0 Å². The Kier molecular flexibility index (Phi) is 4.56. The van der Waals surface area contributed by atoms with Crippen molar-refractivity contribution in [2.45, 2.75) is 13.8 Å². The van der Waals surface area contributed by atoms with E-state index in [0.717, 1.165) is 16.8 Å². The fourth-order valence-corrected chi connectivity index (χ4v) is 2.22. The first kappa shape index (κ1) is 15.7. The van der Waals surface area contributed by atoms with Crippen LogP contribution >= 0.6 is 0 Å². The summed E-state index contributed by atoms with van der Waals surface area (Å²) in [4.78, 5) is 12.4. The second-order valence-electron chi connectivity index (χ2n) is 5.00. The molecule has 0 radical (unpaired) electrons. The molecule has 0 aliphatic rings. The average molecular weight is 300 g/mol. The molecule has 5 heteroatoms. The number of aryl methyl sites for hydroxylation is 1. The van der Waals surface area contributed by atoms with E-state index < -0.39 is 0 Å². The summed E-state index contributed by atoms with van der Waals surface area (Å²) < 4.78 is 10.4. The highest BCUT2D eigenvalue weighted by Gasteiger charge is 2.14. The Bertz CT molecular complexity index is 711. The number of nitrogen functional groups attached to an aromatic ring is 1. The van der Waals surface area contributed by atoms with Gasteiger partial charge in [-0.05, 0) is 49.2 Å². The molecule has 22 heavy (non-hydrogen) atoms. The highest BCUT2D eigenvalue weighted by molar-refractivity contribution is 6.05. The normalized spacial score (nSPS) is 10.2. The number of ether oxygens (including phenoxy) is 2. The van der Waals surface area contributed by atoms with Crippen molar-refractivity contribution in [2.75, 3.05) is 25.3 Å². The smallest absolute Gasteiger partial charge is 0.255 e. The molecular formula is C17H20N2O3. The van der Waals surface area contributed by atoms with E-state index in [1.54, 1.807) is 25.3 Å². The monoisotopic (exact) mass is 300 g/mol. The van der Waals surface area contributed by atoms with Gasteiger partial charge in [0.2, 0.25) is 0 Å². The van der Waals surface area contributed by atoms with Crippen LogP contribution in [0.3, 0.4) is 0 Å². The summed E-state index contributed by atoms with van der Waals surface area (Å²) >= 11 is 0. The predicted molar refractivity (Wildman–Crippen MR) is 87.8 cm³/mol. The molecule has 0 saturated carbocycles. The van der Waals surface area contributed by atoms with E-state index in [0.29, 0.717) is 22.7 Å². The molecule has 0 aliphatic carbocycles. The zero-order valence-electron chi connectivity index (χ0n) is 13.2. The Morgan fingerprint density at radius 1 is 1.05 bits per heavy atom. The highest BCUT2D eigenvalue weighted by atomic mass is 16.5. The van der Waals surface area contributed by atoms with Crippen molar-refractivity contribution >= 4 is 17.3 Å². The van der Waals surface area contributed by atoms with Gasteiger partial charge in [-0.25, -0.2) is 0 Å². The van der Waals surface area contributed by atoms with Gasteiger partial charge in [0, 0.05) is 16.9 Å². The summed E-state index contributed by atoms with van der Waals surface area (Å²) in [7, 11) is 3.09. The second-order valence-corrected chi connectivity index (χ2v) is 5.00. The van der Waals surface area contributed by atoms with Gasteiger partial charge in [0.15, 0.2) is 11.5 Å². The van der Waals surface area contributed by atoms with Crippen LogP contribution in [0.2, 0.25) is 0 Å². The molecule has 0 spiro atoms. The van der Waals surface area contributed by atoms with Crippen LogP contribution in [0.4, 0.5) is 11.4 Å². The van der Waals surface area contributed by atoms with Gasteiger partial charge in [-0.15, -0.1) is 0 Å². The van der Waals surface area contributed by atoms with E-state index in [9.17, 15) is 4.79 Å². The number of nitrogens with two attached hydrogens (primary N) is 1. The topological polar surface area (TPSA) is 73.6 Å². The lowest BCUT2D eigenvalue weighted by atomic mass is 10.1. The minimum Gasteiger partial charge on any atom is -0.493 e. The molecule has 0 aromatic heterocycles. The summed E-state index contributed by atoms with van der Waals surface area (Å²) in [5, 5.41) is 2.91. The zero-order valence-corrected chi connectivity index (χ0v) is 13.2. The quantitative estimate of drug-likeness (QED) is 0.851. The highest BCUT2D eigenvalue weighted by Crippen LogP contribution is 2.29. The molecule has 0 fully saturated rings. The summed E-state index contributed by atoms with van der Waals surface area (Å²) in [6.45, 7) is 3.81. The number of hydrogen-bond donors (Lipinski definition) is 2. The van der Waals surface area contributed by atoms with E-state index in [-0.39, 0.29) is 5.91 Å². The van der Waals surface area contributed by atoms with Crippen molar-refractivity contribution in [1.29, 1.82) is 0 Å². The fraction of sp³-hybridized carbons (Fsp3) is 0.235. The second kappa shape index (κ2) is 6.39. The minimum atomic E-state index is -0.224. The van der Waals surface area contributed by atoms with Gasteiger partial charge in [-0.1, -0.05) is 6.07 Å². The number of methoxy groups -OCH3 is 2. The van der Waals surface area contributed by atoms with Crippen LogP contribution in [0.1, 0.15) is 21.5 Å². The third kappa shape index (κ3) is 2.98. The average Bonchev–Trinajstić information content (AvgIpc) is 2.54. The maximum absolute atomic E-state index is 12.4. The molecule has 0 aliphatic heterocycles. The molecule has 2 aromatic carbocycles. The molecule has 116 valence electrons. The zero-order chi connectivity index (χ0) is 16.3. The third-order valence-electron chi connectivity index (χ3n) is 3.60. The predicted octanol–water partition coefficient (Wildman–Crippen LogP) is 3.16. The van der Waals surface area contributed by atoms with Gasteiger partial charge in [0.1, 0.15) is 0 Å². The Balaban J connectivity index is 2.32. The van der Waals surface area contributed by atoms with Crippen LogP contribution in [-0.4, -0.2) is 20.1 Å². The number of rotatable bonds is 4. The van der Waals surface area contributed by atoms with Crippen molar-refractivity contribution in [2.24, 2.45) is 0 Å². The summed E-state index contributed by atoms with van der Waals surface area (Å²) in [6.07, 6.45) is 0. The Morgan fingerprint density at radius 2 is 1.73 bits per heavy atom. The Hall–Kier alpha value is -2.69. The number of carbonyl (C=O) groups is 1. The largest absolute Gasteiger partial charge is 0.493 e. The number of anilines is 2. The molecule has 0 atom stereocenters. The van der Waals surface area contributed by atoms with E-state index in [4.69, 9.17) is 15.2 Å². The van der Waals surface area contributed by atoms with Crippen LogP contribution in [0.25, 0.3) is 0 Å². The van der Waals surface area contributed by atoms with Crippen LogP contribution in [0, 0.1) is 13.8 Å². The van der Waals surface area contributed by atoms with Crippen molar-refractivity contribution in [3.8, 4) is 11.5 Å². The molecule has 2 aromatic rings. The Labute approximate surface area is 130 Å². The van der Waals surface area contributed by atoms with Gasteiger partial charge >= 0.3 is 0 Å². The lowest BCUT2D eigenvalue weighted by molar-refractivity contribution is 0.102. The number of amides is 1. The lowest BCUT2D eigenvalue weighted by Crippen LogP contribution is -2.14. The molecule has 0 heterocycles. The number of carbonyl (C=O) groups excluding carboxylic acids is 1. The number of benzene rings is 2. The molecule has 3 N–H and O–H groups in total. The molecule has 1 amide bonds. The standard InChI is InChI=1S/C17H20N2O3/c1-10-5-7-13(18)11(2)16(10)19-17(20)12-6-8-14(21-3)15(9-12)22-4/h5-9H,18H2,1-4H3,(H,19,20). The number of nitrogens with one attached hydrogen (secondary N) is 1. The third-order valence-corrected chi connectivity index (χ3v) is 3.60. The SMILES string of the molecule is COc1ccc(C(=O)Nc2c(C)ccc(N)c2C)cc1OC. The van der Waals surface area contributed by atoms with E-state index in [2.05, 4.69) is 5.32 Å². The molecule has 5 nitrogen and oxygen atoms in total.